The average Bonchev–Trinajstić information content (AvgIpc) is 3.03. The third-order valence-electron chi connectivity index (χ3n) is 6.93. The molecule has 218 valence electrons. The second-order valence-corrected chi connectivity index (χ2v) is 12.7. The van der Waals surface area contributed by atoms with Gasteiger partial charge in [-0.2, -0.15) is 0 Å². The van der Waals surface area contributed by atoms with Gasteiger partial charge in [-0.05, 0) is 41.0 Å². The van der Waals surface area contributed by atoms with Crippen molar-refractivity contribution >= 4 is 27.8 Å². The maximum atomic E-state index is 12.6. The van der Waals surface area contributed by atoms with Gasteiger partial charge in [0, 0.05) is 29.2 Å². The lowest BCUT2D eigenvalue weighted by Crippen LogP contribution is -2.31. The standard InChI is InChI=1S/C32H31NO7S2/c34-20-23-12-14-24(15-13-23)29-18-26(21-41-30-9-5-4-8-28(30)31(35)36)39-32(40-29)25-16-10-22(11-17-25)19-33-42(37,38)27-6-2-1-3-7-27/h1-17,26,29,32-34H,18-21H2,(H,35,36)/t26-,29+,32+/m0/s1. The van der Waals surface area contributed by atoms with Crippen LogP contribution in [-0.4, -0.2) is 36.5 Å². The molecule has 0 radical (unpaired) electrons. The molecule has 0 aromatic heterocycles. The van der Waals surface area contributed by atoms with Crippen LogP contribution in [0.3, 0.4) is 0 Å². The highest BCUT2D eigenvalue weighted by atomic mass is 32.2. The van der Waals surface area contributed by atoms with Crippen molar-refractivity contribution in [2.24, 2.45) is 0 Å². The number of hydrogen-bond acceptors (Lipinski definition) is 7. The highest BCUT2D eigenvalue weighted by Gasteiger charge is 2.32. The summed E-state index contributed by atoms with van der Waals surface area (Å²) in [6, 6.07) is 30.1. The lowest BCUT2D eigenvalue weighted by molar-refractivity contribution is -0.245. The third-order valence-corrected chi connectivity index (χ3v) is 9.55. The molecule has 1 saturated heterocycles. The van der Waals surface area contributed by atoms with Gasteiger partial charge < -0.3 is 19.7 Å². The maximum absolute atomic E-state index is 12.6. The molecular weight excluding hydrogens is 574 g/mol. The quantitative estimate of drug-likeness (QED) is 0.186. The van der Waals surface area contributed by atoms with Crippen molar-refractivity contribution in [3.63, 3.8) is 0 Å². The summed E-state index contributed by atoms with van der Waals surface area (Å²) in [4.78, 5) is 12.6. The molecule has 8 nitrogen and oxygen atoms in total. The Morgan fingerprint density at radius 2 is 1.48 bits per heavy atom. The molecule has 3 N–H and O–H groups in total. The molecule has 1 aliphatic heterocycles. The predicted octanol–water partition coefficient (Wildman–Crippen LogP) is 5.69. The molecule has 4 aromatic carbocycles. The minimum atomic E-state index is -3.63. The molecule has 3 atom stereocenters. The maximum Gasteiger partial charge on any atom is 0.336 e. The third kappa shape index (κ3) is 7.46. The fourth-order valence-electron chi connectivity index (χ4n) is 4.63. The molecule has 42 heavy (non-hydrogen) atoms. The largest absolute Gasteiger partial charge is 0.478 e. The van der Waals surface area contributed by atoms with E-state index in [1.54, 1.807) is 48.5 Å². The van der Waals surface area contributed by atoms with Crippen molar-refractivity contribution in [1.29, 1.82) is 0 Å². The number of carbonyl (C=O) groups is 1. The number of ether oxygens (including phenoxy) is 2. The van der Waals surface area contributed by atoms with Crippen molar-refractivity contribution < 1.29 is 32.9 Å². The van der Waals surface area contributed by atoms with Crippen LogP contribution in [0.15, 0.2) is 113 Å². The van der Waals surface area contributed by atoms with E-state index in [4.69, 9.17) is 9.47 Å². The van der Waals surface area contributed by atoms with E-state index in [0.717, 1.165) is 22.3 Å². The lowest BCUT2D eigenvalue weighted by Gasteiger charge is -2.36. The second kappa shape index (κ2) is 13.6. The average molecular weight is 606 g/mol. The van der Waals surface area contributed by atoms with Gasteiger partial charge in [0.15, 0.2) is 6.29 Å². The van der Waals surface area contributed by atoms with Crippen LogP contribution in [0, 0.1) is 0 Å². The summed E-state index contributed by atoms with van der Waals surface area (Å²) < 4.78 is 40.6. The molecule has 10 heteroatoms. The number of carboxylic acids is 1. The zero-order chi connectivity index (χ0) is 29.5. The molecule has 0 aliphatic carbocycles. The Hall–Kier alpha value is -3.51. The van der Waals surface area contributed by atoms with Crippen LogP contribution in [0.5, 0.6) is 0 Å². The van der Waals surface area contributed by atoms with E-state index in [-0.39, 0.29) is 35.8 Å². The number of hydrogen-bond donors (Lipinski definition) is 3. The van der Waals surface area contributed by atoms with E-state index in [2.05, 4.69) is 4.72 Å². The Morgan fingerprint density at radius 3 is 2.17 bits per heavy atom. The van der Waals surface area contributed by atoms with Crippen LogP contribution < -0.4 is 4.72 Å². The Bertz CT molecular complexity index is 1590. The number of aromatic carboxylic acids is 1. The summed E-state index contributed by atoms with van der Waals surface area (Å²) in [6.07, 6.45) is -0.641. The number of carboxylic acid groups (broad SMARTS) is 1. The first-order chi connectivity index (χ1) is 20.3. The van der Waals surface area contributed by atoms with Crippen molar-refractivity contribution in [3.8, 4) is 0 Å². The number of benzene rings is 4. The Labute approximate surface area is 249 Å². The minimum absolute atomic E-state index is 0.0480. The molecule has 0 bridgehead atoms. The summed E-state index contributed by atoms with van der Waals surface area (Å²) >= 11 is 1.43. The van der Waals surface area contributed by atoms with Gasteiger partial charge >= 0.3 is 5.97 Å². The van der Waals surface area contributed by atoms with Gasteiger partial charge in [-0.3, -0.25) is 0 Å². The molecule has 4 aromatic rings. The number of thioether (sulfide) groups is 1. The summed E-state index contributed by atoms with van der Waals surface area (Å²) in [5.74, 6) is -0.453. The zero-order valence-electron chi connectivity index (χ0n) is 22.6. The van der Waals surface area contributed by atoms with E-state index in [1.807, 2.05) is 54.6 Å². The Kier molecular flexibility index (Phi) is 9.73. The van der Waals surface area contributed by atoms with Crippen LogP contribution in [-0.2, 0) is 32.6 Å². The normalized spacial score (nSPS) is 18.9. The summed E-state index contributed by atoms with van der Waals surface area (Å²) in [5.41, 5.74) is 3.57. The van der Waals surface area contributed by atoms with E-state index >= 15 is 0 Å². The summed E-state index contributed by atoms with van der Waals surface area (Å²) in [5, 5.41) is 19.0. The number of rotatable bonds is 11. The molecule has 0 spiro atoms. The van der Waals surface area contributed by atoms with Gasteiger partial charge in [0.05, 0.1) is 29.3 Å². The van der Waals surface area contributed by atoms with Crippen LogP contribution in [0.25, 0.3) is 0 Å². The van der Waals surface area contributed by atoms with Crippen LogP contribution in [0.4, 0.5) is 0 Å². The lowest BCUT2D eigenvalue weighted by atomic mass is 10.0. The van der Waals surface area contributed by atoms with E-state index in [0.29, 0.717) is 17.1 Å². The zero-order valence-corrected chi connectivity index (χ0v) is 24.3. The Morgan fingerprint density at radius 1 is 0.833 bits per heavy atom. The molecule has 0 unspecified atom stereocenters. The van der Waals surface area contributed by atoms with Crippen LogP contribution >= 0.6 is 11.8 Å². The molecule has 0 saturated carbocycles. The van der Waals surface area contributed by atoms with Crippen molar-refractivity contribution in [3.05, 3.63) is 131 Å². The molecular formula is C32H31NO7S2. The Balaban J connectivity index is 1.31. The fraction of sp³-hybridized carbons (Fsp3) is 0.219. The van der Waals surface area contributed by atoms with Crippen molar-refractivity contribution in [1.82, 2.24) is 4.72 Å². The van der Waals surface area contributed by atoms with Gasteiger partial charge in [-0.1, -0.05) is 78.9 Å². The SMILES string of the molecule is O=C(O)c1ccccc1SC[C@@H]1C[C@H](c2ccc(CO)cc2)O[C@H](c2ccc(CNS(=O)(=O)c3ccccc3)cc2)O1. The van der Waals surface area contributed by atoms with Crippen molar-refractivity contribution in [2.75, 3.05) is 5.75 Å². The minimum Gasteiger partial charge on any atom is -0.478 e. The molecule has 5 rings (SSSR count). The predicted molar refractivity (Wildman–Crippen MR) is 159 cm³/mol. The van der Waals surface area contributed by atoms with Gasteiger partial charge in [0.1, 0.15) is 0 Å². The van der Waals surface area contributed by atoms with Crippen LogP contribution in [0.1, 0.15) is 51.4 Å². The highest BCUT2D eigenvalue weighted by molar-refractivity contribution is 7.99. The van der Waals surface area contributed by atoms with E-state index in [9.17, 15) is 23.4 Å². The van der Waals surface area contributed by atoms with Gasteiger partial charge in [-0.25, -0.2) is 17.9 Å². The molecule has 0 amide bonds. The summed E-state index contributed by atoms with van der Waals surface area (Å²) in [7, 11) is -3.63. The first kappa shape index (κ1) is 30.0. The monoisotopic (exact) mass is 605 g/mol. The van der Waals surface area contributed by atoms with Gasteiger partial charge in [-0.15, -0.1) is 11.8 Å². The number of aliphatic hydroxyl groups excluding tert-OH is 1. The van der Waals surface area contributed by atoms with E-state index < -0.39 is 22.3 Å². The van der Waals surface area contributed by atoms with Gasteiger partial charge in [0.2, 0.25) is 10.0 Å². The van der Waals surface area contributed by atoms with E-state index in [1.165, 1.54) is 11.8 Å². The number of nitrogens with one attached hydrogen (secondary N) is 1. The first-order valence-electron chi connectivity index (χ1n) is 13.4. The molecule has 1 heterocycles. The van der Waals surface area contributed by atoms with Gasteiger partial charge in [0.25, 0.3) is 0 Å². The summed E-state index contributed by atoms with van der Waals surface area (Å²) in [6.45, 7) is 0.0830. The fourth-order valence-corrected chi connectivity index (χ4v) is 6.73. The number of aliphatic hydroxyl groups is 1. The number of sulfonamides is 1. The molecule has 1 aliphatic rings. The smallest absolute Gasteiger partial charge is 0.336 e. The highest BCUT2D eigenvalue weighted by Crippen LogP contribution is 2.39. The second-order valence-electron chi connectivity index (χ2n) is 9.84. The van der Waals surface area contributed by atoms with Crippen molar-refractivity contribution in [2.45, 2.75) is 47.9 Å². The van der Waals surface area contributed by atoms with Crippen LogP contribution in [0.2, 0.25) is 0 Å². The molecule has 1 fully saturated rings. The first-order valence-corrected chi connectivity index (χ1v) is 15.9. The topological polar surface area (TPSA) is 122 Å².